The van der Waals surface area contributed by atoms with Gasteiger partial charge in [-0.15, -0.1) is 0 Å². The minimum absolute atomic E-state index is 0.00167. The van der Waals surface area contributed by atoms with Gasteiger partial charge in [0.25, 0.3) is 0 Å². The number of hydrogen-bond acceptors (Lipinski definition) is 4. The Hall–Kier alpha value is -1.08. The molecule has 0 aliphatic carbocycles. The van der Waals surface area contributed by atoms with Crippen molar-refractivity contribution in [2.75, 3.05) is 22.4 Å². The van der Waals surface area contributed by atoms with Crippen molar-refractivity contribution in [2.45, 2.75) is 18.2 Å². The van der Waals surface area contributed by atoms with Crippen LogP contribution in [0.3, 0.4) is 0 Å². The first-order valence-electron chi connectivity index (χ1n) is 5.71. The fourth-order valence-corrected chi connectivity index (χ4v) is 5.18. The number of nitrogens with zero attached hydrogens (tertiary/aromatic N) is 1. The first kappa shape index (κ1) is 13.4. The number of anilines is 1. The molecule has 1 aliphatic heterocycles. The lowest BCUT2D eigenvalue weighted by atomic mass is 10.3. The summed E-state index contributed by atoms with van der Waals surface area (Å²) >= 11 is 0. The fourth-order valence-electron chi connectivity index (χ4n) is 2.02. The molecule has 0 bridgehead atoms. The topological polar surface area (TPSA) is 71.5 Å². The van der Waals surface area contributed by atoms with Crippen LogP contribution >= 0.6 is 0 Å². The van der Waals surface area contributed by atoms with E-state index in [-0.39, 0.29) is 28.6 Å². The van der Waals surface area contributed by atoms with Crippen molar-refractivity contribution in [3.05, 3.63) is 24.3 Å². The van der Waals surface area contributed by atoms with Gasteiger partial charge in [0, 0.05) is 6.54 Å². The van der Waals surface area contributed by atoms with E-state index >= 15 is 0 Å². The number of para-hydroxylation sites is 1. The molecule has 0 saturated heterocycles. The van der Waals surface area contributed by atoms with Crippen LogP contribution in [0, 0.1) is 0 Å². The molecule has 5 nitrogen and oxygen atoms in total. The van der Waals surface area contributed by atoms with Crippen molar-refractivity contribution >= 4 is 25.5 Å². The van der Waals surface area contributed by atoms with Gasteiger partial charge in [0.15, 0.2) is 9.84 Å². The molecular formula is C11H15NO4S2. The van der Waals surface area contributed by atoms with Crippen LogP contribution in [0.2, 0.25) is 0 Å². The average molecular weight is 289 g/mol. The van der Waals surface area contributed by atoms with E-state index < -0.39 is 19.9 Å². The Balaban J connectivity index is 2.57. The maximum atomic E-state index is 12.1. The average Bonchev–Trinajstić information content (AvgIpc) is 2.28. The molecule has 18 heavy (non-hydrogen) atoms. The van der Waals surface area contributed by atoms with Crippen LogP contribution in [-0.2, 0) is 19.9 Å². The van der Waals surface area contributed by atoms with Gasteiger partial charge in [-0.05, 0) is 18.6 Å². The van der Waals surface area contributed by atoms with Crippen molar-refractivity contribution in [3.63, 3.8) is 0 Å². The van der Waals surface area contributed by atoms with E-state index in [1.54, 1.807) is 25.1 Å². The van der Waals surface area contributed by atoms with Gasteiger partial charge in [-0.25, -0.2) is 16.8 Å². The second kappa shape index (κ2) is 4.55. The van der Waals surface area contributed by atoms with E-state index in [2.05, 4.69) is 0 Å². The minimum atomic E-state index is -3.43. The van der Waals surface area contributed by atoms with E-state index in [4.69, 9.17) is 0 Å². The Kier molecular flexibility index (Phi) is 3.37. The van der Waals surface area contributed by atoms with Gasteiger partial charge in [-0.1, -0.05) is 19.1 Å². The molecule has 7 heteroatoms. The molecule has 0 fully saturated rings. The van der Waals surface area contributed by atoms with Gasteiger partial charge >= 0.3 is 0 Å². The molecule has 0 unspecified atom stereocenters. The summed E-state index contributed by atoms with van der Waals surface area (Å²) in [5.74, 6) is -0.131. The van der Waals surface area contributed by atoms with Gasteiger partial charge in [-0.2, -0.15) is 0 Å². The molecule has 0 amide bonds. The summed E-state index contributed by atoms with van der Waals surface area (Å²) in [4.78, 5) is 0.107. The van der Waals surface area contributed by atoms with Crippen molar-refractivity contribution < 1.29 is 16.8 Å². The van der Waals surface area contributed by atoms with E-state index in [1.807, 2.05) is 0 Å². The number of benzene rings is 1. The highest BCUT2D eigenvalue weighted by Gasteiger charge is 2.33. The van der Waals surface area contributed by atoms with E-state index in [0.29, 0.717) is 6.42 Å². The first-order chi connectivity index (χ1) is 8.38. The quantitative estimate of drug-likeness (QED) is 0.833. The summed E-state index contributed by atoms with van der Waals surface area (Å²) in [5.41, 5.74) is 0.275. The largest absolute Gasteiger partial charge is 0.268 e. The van der Waals surface area contributed by atoms with Crippen LogP contribution in [0.25, 0.3) is 0 Å². The Bertz CT molecular complexity index is 649. The zero-order chi connectivity index (χ0) is 13.4. The second-order valence-electron chi connectivity index (χ2n) is 4.17. The Labute approximate surface area is 107 Å². The number of fused-ring (bicyclic) bond motifs is 1. The fraction of sp³-hybridized carbons (Fsp3) is 0.455. The number of rotatable bonds is 3. The standard InChI is InChI=1S/C11H15NO4S2/c1-2-8-18(15,16)12-7-9-17(13,14)11-6-4-3-5-10(11)12/h3-6H,2,7-9H2,1H3. The van der Waals surface area contributed by atoms with Crippen LogP contribution in [-0.4, -0.2) is 34.9 Å². The zero-order valence-corrected chi connectivity index (χ0v) is 11.7. The highest BCUT2D eigenvalue weighted by atomic mass is 32.2. The van der Waals surface area contributed by atoms with E-state index in [0.717, 1.165) is 0 Å². The van der Waals surface area contributed by atoms with Crippen molar-refractivity contribution in [2.24, 2.45) is 0 Å². The summed E-state index contributed by atoms with van der Waals surface area (Å²) in [7, 11) is -6.78. The van der Waals surface area contributed by atoms with Gasteiger partial charge < -0.3 is 0 Å². The lowest BCUT2D eigenvalue weighted by molar-refractivity contribution is 0.583. The third-order valence-electron chi connectivity index (χ3n) is 2.83. The molecule has 100 valence electrons. The normalized spacial score (nSPS) is 18.4. The SMILES string of the molecule is CCCS(=O)(=O)N1CCS(=O)(=O)c2ccccc21. The van der Waals surface area contributed by atoms with Crippen molar-refractivity contribution in [1.82, 2.24) is 0 Å². The van der Waals surface area contributed by atoms with Gasteiger partial charge in [0.1, 0.15) is 0 Å². The molecule has 1 aromatic carbocycles. The van der Waals surface area contributed by atoms with Crippen LogP contribution in [0.5, 0.6) is 0 Å². The second-order valence-corrected chi connectivity index (χ2v) is 8.27. The van der Waals surface area contributed by atoms with Gasteiger partial charge in [-0.3, -0.25) is 4.31 Å². The van der Waals surface area contributed by atoms with Gasteiger partial charge in [0.2, 0.25) is 10.0 Å². The molecule has 0 radical (unpaired) electrons. The summed E-state index contributed by atoms with van der Waals surface area (Å²) in [6.45, 7) is 1.78. The number of sulfonamides is 1. The number of sulfone groups is 1. The number of hydrogen-bond donors (Lipinski definition) is 0. The molecule has 0 N–H and O–H groups in total. The van der Waals surface area contributed by atoms with Crippen molar-refractivity contribution in [3.8, 4) is 0 Å². The van der Waals surface area contributed by atoms with E-state index in [1.165, 1.54) is 10.4 Å². The van der Waals surface area contributed by atoms with Crippen LogP contribution in [0.15, 0.2) is 29.2 Å². The molecular weight excluding hydrogens is 274 g/mol. The Morgan fingerprint density at radius 3 is 2.61 bits per heavy atom. The summed E-state index contributed by atoms with van der Waals surface area (Å²) in [5, 5.41) is 0. The molecule has 1 heterocycles. The third-order valence-corrected chi connectivity index (χ3v) is 6.54. The summed E-state index contributed by atoms with van der Waals surface area (Å²) in [6.07, 6.45) is 0.508. The Morgan fingerprint density at radius 2 is 1.94 bits per heavy atom. The highest BCUT2D eigenvalue weighted by Crippen LogP contribution is 2.32. The summed E-state index contributed by atoms with van der Waals surface area (Å²) < 4.78 is 49.2. The molecule has 0 aromatic heterocycles. The predicted octanol–water partition coefficient (Wildman–Crippen LogP) is 1.02. The van der Waals surface area contributed by atoms with E-state index in [9.17, 15) is 16.8 Å². The molecule has 0 spiro atoms. The molecule has 1 aromatic rings. The lowest BCUT2D eigenvalue weighted by Crippen LogP contribution is -2.40. The highest BCUT2D eigenvalue weighted by molar-refractivity contribution is 7.94. The maximum absolute atomic E-state index is 12.1. The minimum Gasteiger partial charge on any atom is -0.268 e. The lowest BCUT2D eigenvalue weighted by Gasteiger charge is -2.29. The molecule has 2 rings (SSSR count). The van der Waals surface area contributed by atoms with Crippen LogP contribution in [0.1, 0.15) is 13.3 Å². The smallest absolute Gasteiger partial charge is 0.235 e. The molecule has 1 aliphatic rings. The van der Waals surface area contributed by atoms with Crippen LogP contribution in [0.4, 0.5) is 5.69 Å². The Morgan fingerprint density at radius 1 is 1.28 bits per heavy atom. The monoisotopic (exact) mass is 289 g/mol. The third kappa shape index (κ3) is 2.24. The molecule has 0 saturated carbocycles. The zero-order valence-electron chi connectivity index (χ0n) is 10.0. The molecule has 0 atom stereocenters. The van der Waals surface area contributed by atoms with Gasteiger partial charge in [0.05, 0.1) is 22.1 Å². The summed E-state index contributed by atoms with van der Waals surface area (Å²) in [6, 6.07) is 6.25. The van der Waals surface area contributed by atoms with Crippen LogP contribution < -0.4 is 4.31 Å². The first-order valence-corrected chi connectivity index (χ1v) is 8.97. The maximum Gasteiger partial charge on any atom is 0.235 e. The predicted molar refractivity (Wildman–Crippen MR) is 69.9 cm³/mol. The van der Waals surface area contributed by atoms with Crippen molar-refractivity contribution in [1.29, 1.82) is 0 Å².